The minimum absolute atomic E-state index is 0.259. The average Bonchev–Trinajstić information content (AvgIpc) is 2.42. The SMILES string of the molecule is CCCCCCCCCNC(=S)Nc1cccc(F)c1. The second kappa shape index (κ2) is 10.6. The van der Waals surface area contributed by atoms with E-state index in [9.17, 15) is 4.39 Å². The highest BCUT2D eigenvalue weighted by Crippen LogP contribution is 2.09. The van der Waals surface area contributed by atoms with Crippen molar-refractivity contribution < 1.29 is 4.39 Å². The summed E-state index contributed by atoms with van der Waals surface area (Å²) < 4.78 is 13.0. The number of unbranched alkanes of at least 4 members (excludes halogenated alkanes) is 6. The van der Waals surface area contributed by atoms with Crippen LogP contribution in [0.1, 0.15) is 51.9 Å². The summed E-state index contributed by atoms with van der Waals surface area (Å²) in [6.45, 7) is 3.10. The Hall–Kier alpha value is -1.16. The molecule has 112 valence electrons. The number of hydrogen-bond acceptors (Lipinski definition) is 1. The van der Waals surface area contributed by atoms with Crippen molar-refractivity contribution in [1.82, 2.24) is 5.32 Å². The Morgan fingerprint density at radius 1 is 1.10 bits per heavy atom. The van der Waals surface area contributed by atoms with Gasteiger partial charge in [-0.15, -0.1) is 0 Å². The number of benzene rings is 1. The first-order valence-corrected chi connectivity index (χ1v) is 7.93. The van der Waals surface area contributed by atoms with Crippen molar-refractivity contribution in [3.8, 4) is 0 Å². The molecule has 0 bridgehead atoms. The minimum atomic E-state index is -0.259. The smallest absolute Gasteiger partial charge is 0.170 e. The van der Waals surface area contributed by atoms with Gasteiger partial charge in [0.05, 0.1) is 0 Å². The summed E-state index contributed by atoms with van der Waals surface area (Å²) in [4.78, 5) is 0. The number of rotatable bonds is 9. The van der Waals surface area contributed by atoms with Crippen molar-refractivity contribution in [2.24, 2.45) is 0 Å². The van der Waals surface area contributed by atoms with E-state index in [1.54, 1.807) is 12.1 Å². The molecule has 0 unspecified atom stereocenters. The lowest BCUT2D eigenvalue weighted by atomic mass is 10.1. The Balaban J connectivity index is 2.03. The minimum Gasteiger partial charge on any atom is -0.362 e. The zero-order chi connectivity index (χ0) is 14.6. The van der Waals surface area contributed by atoms with Gasteiger partial charge in [-0.1, -0.05) is 51.5 Å². The summed E-state index contributed by atoms with van der Waals surface area (Å²) in [6, 6.07) is 6.31. The predicted molar refractivity (Wildman–Crippen MR) is 88.6 cm³/mol. The van der Waals surface area contributed by atoms with Crippen LogP contribution in [-0.4, -0.2) is 11.7 Å². The maximum absolute atomic E-state index is 13.0. The number of hydrogen-bond donors (Lipinski definition) is 2. The van der Waals surface area contributed by atoms with Gasteiger partial charge >= 0.3 is 0 Å². The van der Waals surface area contributed by atoms with Gasteiger partial charge in [-0.2, -0.15) is 0 Å². The Labute approximate surface area is 127 Å². The molecule has 0 heterocycles. The second-order valence-electron chi connectivity index (χ2n) is 5.01. The molecule has 0 aliphatic heterocycles. The summed E-state index contributed by atoms with van der Waals surface area (Å²) in [7, 11) is 0. The van der Waals surface area contributed by atoms with Crippen molar-refractivity contribution in [2.75, 3.05) is 11.9 Å². The van der Waals surface area contributed by atoms with Gasteiger partial charge in [0, 0.05) is 12.2 Å². The maximum atomic E-state index is 13.0. The van der Waals surface area contributed by atoms with E-state index in [1.807, 2.05) is 0 Å². The summed E-state index contributed by atoms with van der Waals surface area (Å²) in [5, 5.41) is 6.69. The van der Waals surface area contributed by atoms with Crippen LogP contribution < -0.4 is 10.6 Å². The fourth-order valence-electron chi connectivity index (χ4n) is 2.03. The van der Waals surface area contributed by atoms with Gasteiger partial charge in [0.15, 0.2) is 5.11 Å². The average molecular weight is 296 g/mol. The molecule has 2 nitrogen and oxygen atoms in total. The summed E-state index contributed by atoms with van der Waals surface area (Å²) >= 11 is 5.17. The first-order valence-electron chi connectivity index (χ1n) is 7.53. The number of nitrogens with one attached hydrogen (secondary N) is 2. The molecule has 0 atom stereocenters. The van der Waals surface area contributed by atoms with E-state index in [-0.39, 0.29) is 5.82 Å². The van der Waals surface area contributed by atoms with Gasteiger partial charge in [-0.3, -0.25) is 0 Å². The van der Waals surface area contributed by atoms with Gasteiger partial charge < -0.3 is 10.6 Å². The normalized spacial score (nSPS) is 10.3. The molecule has 0 aliphatic rings. The summed E-state index contributed by atoms with van der Waals surface area (Å²) in [6.07, 6.45) is 8.98. The highest BCUT2D eigenvalue weighted by atomic mass is 32.1. The standard InChI is InChI=1S/C16H25FN2S/c1-2-3-4-5-6-7-8-12-18-16(20)19-15-11-9-10-14(17)13-15/h9-11,13H,2-8,12H2,1H3,(H2,18,19,20). The lowest BCUT2D eigenvalue weighted by molar-refractivity contribution is 0.586. The molecule has 1 rings (SSSR count). The van der Waals surface area contributed by atoms with Crippen molar-refractivity contribution in [3.05, 3.63) is 30.1 Å². The maximum Gasteiger partial charge on any atom is 0.170 e. The van der Waals surface area contributed by atoms with E-state index >= 15 is 0 Å². The van der Waals surface area contributed by atoms with Crippen molar-refractivity contribution in [2.45, 2.75) is 51.9 Å². The Morgan fingerprint density at radius 3 is 2.50 bits per heavy atom. The zero-order valence-corrected chi connectivity index (χ0v) is 13.1. The molecule has 1 aromatic rings. The number of thiocarbonyl (C=S) groups is 1. The van der Waals surface area contributed by atoms with Crippen LogP contribution in [0.5, 0.6) is 0 Å². The zero-order valence-electron chi connectivity index (χ0n) is 12.3. The molecule has 0 aromatic heterocycles. The number of halogens is 1. The second-order valence-corrected chi connectivity index (χ2v) is 5.42. The molecule has 0 saturated heterocycles. The molecule has 0 amide bonds. The van der Waals surface area contributed by atoms with Gasteiger partial charge in [-0.05, 0) is 36.8 Å². The van der Waals surface area contributed by atoms with Crippen molar-refractivity contribution >= 4 is 23.0 Å². The van der Waals surface area contributed by atoms with Crippen LogP contribution in [0.2, 0.25) is 0 Å². The lowest BCUT2D eigenvalue weighted by Gasteiger charge is -2.10. The van der Waals surface area contributed by atoms with Crippen LogP contribution in [0.25, 0.3) is 0 Å². The third-order valence-electron chi connectivity index (χ3n) is 3.15. The van der Waals surface area contributed by atoms with Crippen LogP contribution in [0, 0.1) is 5.82 Å². The third kappa shape index (κ3) is 8.10. The van der Waals surface area contributed by atoms with Gasteiger partial charge in [-0.25, -0.2) is 4.39 Å². The molecular weight excluding hydrogens is 271 g/mol. The molecule has 1 aromatic carbocycles. The Bertz CT molecular complexity index is 396. The molecule has 0 fully saturated rings. The third-order valence-corrected chi connectivity index (χ3v) is 3.39. The highest BCUT2D eigenvalue weighted by molar-refractivity contribution is 7.80. The summed E-state index contributed by atoms with van der Waals surface area (Å²) in [5.74, 6) is -0.259. The molecule has 20 heavy (non-hydrogen) atoms. The highest BCUT2D eigenvalue weighted by Gasteiger charge is 1.98. The monoisotopic (exact) mass is 296 g/mol. The van der Waals surface area contributed by atoms with E-state index in [1.165, 1.54) is 50.7 Å². The van der Waals surface area contributed by atoms with E-state index in [4.69, 9.17) is 12.2 Å². The van der Waals surface area contributed by atoms with Crippen LogP contribution in [0.3, 0.4) is 0 Å². The van der Waals surface area contributed by atoms with Crippen molar-refractivity contribution in [3.63, 3.8) is 0 Å². The lowest BCUT2D eigenvalue weighted by Crippen LogP contribution is -2.29. The number of anilines is 1. The van der Waals surface area contributed by atoms with Gasteiger partial charge in [0.25, 0.3) is 0 Å². The van der Waals surface area contributed by atoms with E-state index in [0.29, 0.717) is 10.8 Å². The molecule has 0 saturated carbocycles. The first kappa shape index (κ1) is 16.9. The predicted octanol–water partition coefficient (Wildman–Crippen LogP) is 4.86. The van der Waals surface area contributed by atoms with Gasteiger partial charge in [0.2, 0.25) is 0 Å². The molecule has 4 heteroatoms. The summed E-state index contributed by atoms with van der Waals surface area (Å²) in [5.41, 5.74) is 0.682. The van der Waals surface area contributed by atoms with E-state index in [0.717, 1.165) is 13.0 Å². The first-order chi connectivity index (χ1) is 9.72. The Morgan fingerprint density at radius 2 is 1.80 bits per heavy atom. The van der Waals surface area contributed by atoms with Crippen LogP contribution in [0.15, 0.2) is 24.3 Å². The van der Waals surface area contributed by atoms with E-state index < -0.39 is 0 Å². The molecular formula is C16H25FN2S. The molecule has 0 aliphatic carbocycles. The largest absolute Gasteiger partial charge is 0.362 e. The van der Waals surface area contributed by atoms with Gasteiger partial charge in [0.1, 0.15) is 5.82 Å². The van der Waals surface area contributed by atoms with E-state index in [2.05, 4.69) is 17.6 Å². The fraction of sp³-hybridized carbons (Fsp3) is 0.562. The van der Waals surface area contributed by atoms with Crippen LogP contribution >= 0.6 is 12.2 Å². The molecule has 2 N–H and O–H groups in total. The molecule has 0 radical (unpaired) electrons. The fourth-order valence-corrected chi connectivity index (χ4v) is 2.25. The molecule has 0 spiro atoms. The van der Waals surface area contributed by atoms with Crippen LogP contribution in [0.4, 0.5) is 10.1 Å². The van der Waals surface area contributed by atoms with Crippen LogP contribution in [-0.2, 0) is 0 Å². The topological polar surface area (TPSA) is 24.1 Å². The quantitative estimate of drug-likeness (QED) is 0.502. The van der Waals surface area contributed by atoms with Crippen molar-refractivity contribution in [1.29, 1.82) is 0 Å². The Kier molecular flexibility index (Phi) is 8.96.